The van der Waals surface area contributed by atoms with Crippen LogP contribution in [0.1, 0.15) is 0 Å². The van der Waals surface area contributed by atoms with Gasteiger partial charge < -0.3 is 19.0 Å². The van der Waals surface area contributed by atoms with Gasteiger partial charge >= 0.3 is 0 Å². The van der Waals surface area contributed by atoms with Gasteiger partial charge in [-0.05, 0) is 24.3 Å². The van der Waals surface area contributed by atoms with E-state index in [1.807, 2.05) is 55.0 Å². The zero-order valence-corrected chi connectivity index (χ0v) is 15.7. The molecule has 0 saturated heterocycles. The van der Waals surface area contributed by atoms with Crippen LogP contribution in [0, 0.1) is 0 Å². The van der Waals surface area contributed by atoms with Crippen molar-refractivity contribution in [2.45, 2.75) is 0 Å². The standard InChI is InChI=1S/C14H12N2O.C8H8N2O/c1-17-14-9-11-7-8-16(13(11)10-15-14)12-5-3-2-4-6-12;1-11-8-4-6-2-3-9-7(6)5-10-8/h2-10H,1H3;2-5,9H,1H3. The number of hydrogen-bond donors (Lipinski definition) is 1. The molecule has 0 bridgehead atoms. The van der Waals surface area contributed by atoms with Gasteiger partial charge in [0.1, 0.15) is 0 Å². The summed E-state index contributed by atoms with van der Waals surface area (Å²) < 4.78 is 12.2. The number of aromatic amines is 1. The predicted molar refractivity (Wildman–Crippen MR) is 110 cm³/mol. The van der Waals surface area contributed by atoms with Crippen LogP contribution in [0.15, 0.2) is 79.4 Å². The molecule has 1 N–H and O–H groups in total. The second-order valence-electron chi connectivity index (χ2n) is 6.10. The van der Waals surface area contributed by atoms with Gasteiger partial charge in [-0.15, -0.1) is 0 Å². The maximum Gasteiger partial charge on any atom is 0.213 e. The van der Waals surface area contributed by atoms with E-state index in [9.17, 15) is 0 Å². The molecule has 0 aliphatic heterocycles. The Morgan fingerprint density at radius 1 is 0.821 bits per heavy atom. The molecular formula is C22H20N4O2. The number of nitrogens with zero attached hydrogens (tertiary/aromatic N) is 3. The van der Waals surface area contributed by atoms with Gasteiger partial charge in [-0.1, -0.05) is 18.2 Å². The molecule has 6 nitrogen and oxygen atoms in total. The third-order valence-electron chi connectivity index (χ3n) is 4.42. The Morgan fingerprint density at radius 3 is 2.29 bits per heavy atom. The highest BCUT2D eigenvalue weighted by molar-refractivity contribution is 5.82. The van der Waals surface area contributed by atoms with E-state index < -0.39 is 0 Å². The van der Waals surface area contributed by atoms with Gasteiger partial charge in [-0.25, -0.2) is 9.97 Å². The Morgan fingerprint density at radius 2 is 1.54 bits per heavy atom. The van der Waals surface area contributed by atoms with Gasteiger partial charge in [-0.3, -0.25) is 0 Å². The first-order valence-electron chi connectivity index (χ1n) is 8.82. The number of hydrogen-bond acceptors (Lipinski definition) is 4. The summed E-state index contributed by atoms with van der Waals surface area (Å²) in [6.07, 6.45) is 7.52. The quantitative estimate of drug-likeness (QED) is 0.502. The van der Waals surface area contributed by atoms with Crippen molar-refractivity contribution in [1.29, 1.82) is 0 Å². The smallest absolute Gasteiger partial charge is 0.213 e. The van der Waals surface area contributed by atoms with Crippen LogP contribution in [0.4, 0.5) is 0 Å². The number of pyridine rings is 2. The molecule has 1 aromatic carbocycles. The van der Waals surface area contributed by atoms with Crippen LogP contribution >= 0.6 is 0 Å². The molecule has 0 amide bonds. The van der Waals surface area contributed by atoms with E-state index in [-0.39, 0.29) is 0 Å². The highest BCUT2D eigenvalue weighted by atomic mass is 16.5. The molecule has 0 unspecified atom stereocenters. The average molecular weight is 372 g/mol. The number of fused-ring (bicyclic) bond motifs is 2. The van der Waals surface area contributed by atoms with Crippen molar-refractivity contribution in [3.8, 4) is 17.4 Å². The summed E-state index contributed by atoms with van der Waals surface area (Å²) in [5, 5.41) is 2.25. The molecule has 140 valence electrons. The summed E-state index contributed by atoms with van der Waals surface area (Å²) in [6.45, 7) is 0. The zero-order chi connectivity index (χ0) is 19.3. The Hall–Kier alpha value is -3.80. The molecular weight excluding hydrogens is 352 g/mol. The normalized spacial score (nSPS) is 10.5. The van der Waals surface area contributed by atoms with Crippen LogP contribution in [-0.2, 0) is 0 Å². The maximum atomic E-state index is 5.12. The molecule has 4 aromatic heterocycles. The topological polar surface area (TPSA) is 65.0 Å². The minimum Gasteiger partial charge on any atom is -0.481 e. The summed E-state index contributed by atoms with van der Waals surface area (Å²) in [6, 6.07) is 18.1. The minimum absolute atomic E-state index is 0.642. The Kier molecular flexibility index (Phi) is 4.93. The molecule has 6 heteroatoms. The van der Waals surface area contributed by atoms with E-state index in [1.54, 1.807) is 20.4 Å². The van der Waals surface area contributed by atoms with Crippen LogP contribution in [0.25, 0.3) is 27.5 Å². The summed E-state index contributed by atoms with van der Waals surface area (Å²) in [7, 11) is 3.24. The van der Waals surface area contributed by atoms with Crippen molar-refractivity contribution in [3.05, 3.63) is 79.4 Å². The van der Waals surface area contributed by atoms with Gasteiger partial charge in [0.15, 0.2) is 0 Å². The minimum atomic E-state index is 0.642. The lowest BCUT2D eigenvalue weighted by atomic mass is 10.3. The van der Waals surface area contributed by atoms with Crippen LogP contribution in [-0.4, -0.2) is 33.7 Å². The molecule has 0 fully saturated rings. The number of methoxy groups -OCH3 is 2. The molecule has 5 rings (SSSR count). The number of ether oxygens (including phenoxy) is 2. The Labute approximate surface area is 162 Å². The number of para-hydroxylation sites is 1. The highest BCUT2D eigenvalue weighted by Crippen LogP contribution is 2.22. The second-order valence-corrected chi connectivity index (χ2v) is 6.10. The zero-order valence-electron chi connectivity index (χ0n) is 15.7. The second kappa shape index (κ2) is 7.84. The van der Waals surface area contributed by atoms with Gasteiger partial charge in [0.05, 0.1) is 37.6 Å². The first-order valence-corrected chi connectivity index (χ1v) is 8.82. The number of rotatable bonds is 3. The van der Waals surface area contributed by atoms with E-state index in [1.165, 1.54) is 0 Å². The predicted octanol–water partition coefficient (Wildman–Crippen LogP) is 4.61. The highest BCUT2D eigenvalue weighted by Gasteiger charge is 2.04. The number of nitrogens with one attached hydrogen (secondary N) is 1. The molecule has 0 aliphatic carbocycles. The third kappa shape index (κ3) is 3.53. The molecule has 4 heterocycles. The van der Waals surface area contributed by atoms with Crippen LogP contribution in [0.2, 0.25) is 0 Å². The van der Waals surface area contributed by atoms with Crippen molar-refractivity contribution in [2.24, 2.45) is 0 Å². The van der Waals surface area contributed by atoms with E-state index >= 15 is 0 Å². The summed E-state index contributed by atoms with van der Waals surface area (Å²) >= 11 is 0. The summed E-state index contributed by atoms with van der Waals surface area (Å²) in [4.78, 5) is 11.3. The largest absolute Gasteiger partial charge is 0.481 e. The van der Waals surface area contributed by atoms with E-state index in [4.69, 9.17) is 9.47 Å². The fraction of sp³-hybridized carbons (Fsp3) is 0.0909. The third-order valence-corrected chi connectivity index (χ3v) is 4.42. The van der Waals surface area contributed by atoms with Crippen molar-refractivity contribution >= 4 is 21.8 Å². The lowest BCUT2D eigenvalue weighted by Crippen LogP contribution is -1.92. The van der Waals surface area contributed by atoms with E-state index in [0.717, 1.165) is 27.5 Å². The Bertz CT molecular complexity index is 1200. The first-order chi connectivity index (χ1) is 13.8. The number of benzene rings is 1. The SMILES string of the molecule is COc1cc2cc[nH]c2cn1.COc1cc2ccn(-c3ccccc3)c2cn1. The summed E-state index contributed by atoms with van der Waals surface area (Å²) in [5.41, 5.74) is 3.25. The van der Waals surface area contributed by atoms with Crippen LogP contribution < -0.4 is 9.47 Å². The monoisotopic (exact) mass is 372 g/mol. The molecule has 0 saturated carbocycles. The average Bonchev–Trinajstić information content (AvgIpc) is 3.40. The molecule has 0 atom stereocenters. The molecule has 0 aliphatic rings. The lowest BCUT2D eigenvalue weighted by molar-refractivity contribution is 0.398. The van der Waals surface area contributed by atoms with Gasteiger partial charge in [0.2, 0.25) is 11.8 Å². The van der Waals surface area contributed by atoms with E-state index in [0.29, 0.717) is 11.8 Å². The van der Waals surface area contributed by atoms with Gasteiger partial charge in [0.25, 0.3) is 0 Å². The molecule has 28 heavy (non-hydrogen) atoms. The molecule has 5 aromatic rings. The van der Waals surface area contributed by atoms with Gasteiger partial charge in [-0.2, -0.15) is 0 Å². The van der Waals surface area contributed by atoms with Crippen molar-refractivity contribution in [1.82, 2.24) is 19.5 Å². The number of aromatic nitrogens is 4. The number of H-pyrrole nitrogens is 1. The van der Waals surface area contributed by atoms with Crippen LogP contribution in [0.3, 0.4) is 0 Å². The van der Waals surface area contributed by atoms with Crippen LogP contribution in [0.5, 0.6) is 11.8 Å². The fourth-order valence-corrected chi connectivity index (χ4v) is 2.98. The van der Waals surface area contributed by atoms with Crippen molar-refractivity contribution in [3.63, 3.8) is 0 Å². The fourth-order valence-electron chi connectivity index (χ4n) is 2.98. The first kappa shape index (κ1) is 17.6. The van der Waals surface area contributed by atoms with Gasteiger partial charge in [0, 0.05) is 41.0 Å². The molecule has 0 spiro atoms. The Balaban J connectivity index is 0.000000151. The van der Waals surface area contributed by atoms with E-state index in [2.05, 4.69) is 37.7 Å². The summed E-state index contributed by atoms with van der Waals surface area (Å²) in [5.74, 6) is 1.29. The lowest BCUT2D eigenvalue weighted by Gasteiger charge is -2.05. The maximum absolute atomic E-state index is 5.12. The molecule has 0 radical (unpaired) electrons. The van der Waals surface area contributed by atoms with Crippen molar-refractivity contribution < 1.29 is 9.47 Å². The van der Waals surface area contributed by atoms with Crippen molar-refractivity contribution in [2.75, 3.05) is 14.2 Å².